The second-order valence-electron chi connectivity index (χ2n) is 6.77. The molecule has 0 saturated heterocycles. The van der Waals surface area contributed by atoms with Gasteiger partial charge in [0.15, 0.2) is 0 Å². The van der Waals surface area contributed by atoms with Gasteiger partial charge in [0.2, 0.25) is 0 Å². The van der Waals surface area contributed by atoms with E-state index >= 15 is 0 Å². The third kappa shape index (κ3) is 5.19. The van der Waals surface area contributed by atoms with Crippen molar-refractivity contribution < 1.29 is 13.7 Å². The molecule has 0 bridgehead atoms. The first-order valence-corrected chi connectivity index (χ1v) is 10.5. The summed E-state index contributed by atoms with van der Waals surface area (Å²) in [4.78, 5) is 14.0. The Balaban J connectivity index is 2.40. The second-order valence-corrected chi connectivity index (χ2v) is 9.16. The van der Waals surface area contributed by atoms with Crippen LogP contribution >= 0.6 is 11.8 Å². The van der Waals surface area contributed by atoms with Crippen molar-refractivity contribution in [2.75, 3.05) is 6.26 Å². The number of thioether (sulfide) groups is 1. The highest BCUT2D eigenvalue weighted by Crippen LogP contribution is 2.34. The minimum atomic E-state index is -1.35. The van der Waals surface area contributed by atoms with Gasteiger partial charge in [0, 0.05) is 9.79 Å². The van der Waals surface area contributed by atoms with Crippen molar-refractivity contribution in [1.29, 1.82) is 0 Å². The SMILES string of the molecule is CS[C@H](C(=O)OC(C)(C)C)c1ccccc1[S@@](=O)c1ccc(C)cc1. The first-order chi connectivity index (χ1) is 11.7. The van der Waals surface area contributed by atoms with Crippen molar-refractivity contribution in [2.45, 2.75) is 48.3 Å². The molecule has 0 aliphatic carbocycles. The van der Waals surface area contributed by atoms with Gasteiger partial charge in [0.1, 0.15) is 10.9 Å². The Kier molecular flexibility index (Phi) is 6.47. The maximum atomic E-state index is 13.1. The number of carbonyl (C=O) groups excluding carboxylic acids is 1. The molecular weight excluding hydrogens is 352 g/mol. The van der Waals surface area contributed by atoms with Gasteiger partial charge in [0.05, 0.1) is 10.8 Å². The van der Waals surface area contributed by atoms with Crippen LogP contribution < -0.4 is 0 Å². The van der Waals surface area contributed by atoms with Crippen molar-refractivity contribution >= 4 is 28.5 Å². The summed E-state index contributed by atoms with van der Waals surface area (Å²) in [7, 11) is -1.35. The predicted molar refractivity (Wildman–Crippen MR) is 104 cm³/mol. The van der Waals surface area contributed by atoms with Gasteiger partial charge < -0.3 is 4.74 Å². The Morgan fingerprint density at radius 1 is 1.08 bits per heavy atom. The standard InChI is InChI=1S/C20H24O3S2/c1-14-10-12-15(13-11-14)25(22)17-9-7-6-8-16(17)18(24-5)19(21)23-20(2,3)4/h6-13,18H,1-5H3/t18-,25-/m0/s1. The van der Waals surface area contributed by atoms with E-state index in [1.807, 2.05) is 82.5 Å². The van der Waals surface area contributed by atoms with Crippen LogP contribution in [0.15, 0.2) is 58.3 Å². The Bertz CT molecular complexity index is 761. The van der Waals surface area contributed by atoms with E-state index in [4.69, 9.17) is 4.74 Å². The zero-order valence-corrected chi connectivity index (χ0v) is 16.9. The number of hydrogen-bond acceptors (Lipinski definition) is 4. The molecule has 0 amide bonds. The smallest absolute Gasteiger partial charge is 0.324 e. The molecule has 0 unspecified atom stereocenters. The number of ether oxygens (including phenoxy) is 1. The monoisotopic (exact) mass is 376 g/mol. The van der Waals surface area contributed by atoms with Crippen LogP contribution in [0.25, 0.3) is 0 Å². The molecule has 0 aromatic heterocycles. The van der Waals surface area contributed by atoms with E-state index in [1.54, 1.807) is 0 Å². The topological polar surface area (TPSA) is 43.4 Å². The molecule has 2 aromatic rings. The molecule has 5 heteroatoms. The minimum absolute atomic E-state index is 0.312. The predicted octanol–water partition coefficient (Wildman–Crippen LogP) is 4.91. The highest BCUT2D eigenvalue weighted by Gasteiger charge is 2.29. The number of hydrogen-bond donors (Lipinski definition) is 0. The quantitative estimate of drug-likeness (QED) is 0.696. The zero-order chi connectivity index (χ0) is 18.6. The third-order valence-corrected chi connectivity index (χ3v) is 5.88. The molecule has 0 spiro atoms. The maximum absolute atomic E-state index is 13.1. The highest BCUT2D eigenvalue weighted by molar-refractivity contribution is 7.99. The highest BCUT2D eigenvalue weighted by atomic mass is 32.2. The fraction of sp³-hybridized carbons (Fsp3) is 0.350. The third-order valence-electron chi connectivity index (χ3n) is 3.49. The number of benzene rings is 2. The summed E-state index contributed by atoms with van der Waals surface area (Å²) in [5, 5.41) is -0.509. The molecule has 0 aliphatic heterocycles. The van der Waals surface area contributed by atoms with E-state index in [1.165, 1.54) is 11.8 Å². The zero-order valence-electron chi connectivity index (χ0n) is 15.2. The lowest BCUT2D eigenvalue weighted by atomic mass is 10.1. The van der Waals surface area contributed by atoms with Crippen LogP contribution in [0.3, 0.4) is 0 Å². The normalized spacial score (nSPS) is 14.0. The summed E-state index contributed by atoms with van der Waals surface area (Å²) in [6.45, 7) is 7.53. The van der Waals surface area contributed by atoms with Gasteiger partial charge in [-0.1, -0.05) is 35.9 Å². The van der Waals surface area contributed by atoms with Crippen LogP contribution in [0.4, 0.5) is 0 Å². The molecule has 3 nitrogen and oxygen atoms in total. The maximum Gasteiger partial charge on any atom is 0.324 e. The van der Waals surface area contributed by atoms with E-state index in [9.17, 15) is 9.00 Å². The number of esters is 1. The van der Waals surface area contributed by atoms with Gasteiger partial charge >= 0.3 is 5.97 Å². The van der Waals surface area contributed by atoms with Crippen molar-refractivity contribution in [1.82, 2.24) is 0 Å². The van der Waals surface area contributed by atoms with E-state index in [-0.39, 0.29) is 5.97 Å². The fourth-order valence-corrected chi connectivity index (χ4v) is 4.37. The van der Waals surface area contributed by atoms with Crippen molar-refractivity contribution in [3.63, 3.8) is 0 Å². The Morgan fingerprint density at radius 2 is 1.68 bits per heavy atom. The van der Waals surface area contributed by atoms with Crippen molar-refractivity contribution in [3.05, 3.63) is 59.7 Å². The minimum Gasteiger partial charge on any atom is -0.459 e. The molecule has 0 heterocycles. The van der Waals surface area contributed by atoms with Gasteiger partial charge in [-0.05, 0) is 57.7 Å². The molecule has 0 saturated carbocycles. The number of aryl methyl sites for hydroxylation is 1. The summed E-state index contributed by atoms with van der Waals surface area (Å²) < 4.78 is 18.6. The van der Waals surface area contributed by atoms with Crippen LogP contribution in [0.2, 0.25) is 0 Å². The molecule has 2 aromatic carbocycles. The molecule has 25 heavy (non-hydrogen) atoms. The molecule has 134 valence electrons. The van der Waals surface area contributed by atoms with Crippen LogP contribution in [0.1, 0.15) is 37.1 Å². The molecule has 0 fully saturated rings. The van der Waals surface area contributed by atoms with E-state index < -0.39 is 21.7 Å². The molecule has 0 aliphatic rings. The summed E-state index contributed by atoms with van der Waals surface area (Å²) in [6.07, 6.45) is 1.86. The molecule has 2 atom stereocenters. The van der Waals surface area contributed by atoms with Crippen molar-refractivity contribution in [2.24, 2.45) is 0 Å². The summed E-state index contributed by atoms with van der Waals surface area (Å²) in [6, 6.07) is 15.0. The summed E-state index contributed by atoms with van der Waals surface area (Å²) in [5.41, 5.74) is 1.30. The Morgan fingerprint density at radius 3 is 2.24 bits per heavy atom. The first kappa shape index (κ1) is 19.7. The van der Waals surface area contributed by atoms with Crippen LogP contribution in [-0.4, -0.2) is 22.0 Å². The van der Waals surface area contributed by atoms with Gasteiger partial charge in [-0.2, -0.15) is 0 Å². The number of rotatable bonds is 5. The second kappa shape index (κ2) is 8.19. The fourth-order valence-electron chi connectivity index (χ4n) is 2.36. The van der Waals surface area contributed by atoms with Crippen LogP contribution in [0, 0.1) is 6.92 Å². The molecule has 0 radical (unpaired) electrons. The number of carbonyl (C=O) groups is 1. The lowest BCUT2D eigenvalue weighted by molar-refractivity contribution is -0.154. The average molecular weight is 377 g/mol. The van der Waals surface area contributed by atoms with Gasteiger partial charge in [-0.3, -0.25) is 4.79 Å². The Labute approximate surface area is 156 Å². The largest absolute Gasteiger partial charge is 0.459 e. The van der Waals surface area contributed by atoms with Gasteiger partial charge in [0.25, 0.3) is 0 Å². The van der Waals surface area contributed by atoms with E-state index in [0.717, 1.165) is 16.0 Å². The summed E-state index contributed by atoms with van der Waals surface area (Å²) in [5.74, 6) is -0.312. The van der Waals surface area contributed by atoms with Crippen LogP contribution in [-0.2, 0) is 20.3 Å². The Hall–Kier alpha value is -1.59. The van der Waals surface area contributed by atoms with Crippen molar-refractivity contribution in [3.8, 4) is 0 Å². The van der Waals surface area contributed by atoms with Gasteiger partial charge in [-0.25, -0.2) is 4.21 Å². The van der Waals surface area contributed by atoms with Gasteiger partial charge in [-0.15, -0.1) is 11.8 Å². The van der Waals surface area contributed by atoms with E-state index in [2.05, 4.69) is 0 Å². The lowest BCUT2D eigenvalue weighted by Crippen LogP contribution is -2.27. The van der Waals surface area contributed by atoms with Crippen LogP contribution in [0.5, 0.6) is 0 Å². The first-order valence-electron chi connectivity index (χ1n) is 8.06. The summed E-state index contributed by atoms with van der Waals surface area (Å²) >= 11 is 1.39. The average Bonchev–Trinajstić information content (AvgIpc) is 2.54. The van der Waals surface area contributed by atoms with E-state index in [0.29, 0.717) is 4.90 Å². The molecule has 2 rings (SSSR count). The molecule has 0 N–H and O–H groups in total. The molecular formula is C20H24O3S2. The lowest BCUT2D eigenvalue weighted by Gasteiger charge is -2.24.